The van der Waals surface area contributed by atoms with Crippen LogP contribution in [0.15, 0.2) is 29.4 Å². The van der Waals surface area contributed by atoms with Crippen LogP contribution in [-0.4, -0.2) is 52.7 Å². The van der Waals surface area contributed by atoms with Crippen molar-refractivity contribution in [3.05, 3.63) is 29.7 Å². The van der Waals surface area contributed by atoms with Crippen LogP contribution in [0, 0.1) is 11.0 Å². The van der Waals surface area contributed by atoms with Crippen molar-refractivity contribution in [2.24, 2.45) is 5.92 Å². The summed E-state index contributed by atoms with van der Waals surface area (Å²) >= 11 is 0.720. The van der Waals surface area contributed by atoms with E-state index < -0.39 is 32.2 Å². The van der Waals surface area contributed by atoms with Crippen LogP contribution in [0.4, 0.5) is 9.52 Å². The average Bonchev–Trinajstić information content (AvgIpc) is 3.47. The highest BCUT2D eigenvalue weighted by atomic mass is 32.2. The molecule has 1 aliphatic heterocycles. The number of halogens is 1. The second-order valence-electron chi connectivity index (χ2n) is 8.48. The summed E-state index contributed by atoms with van der Waals surface area (Å²) in [6, 6.07) is 1.85. The van der Waals surface area contributed by atoms with E-state index in [1.54, 1.807) is 0 Å². The van der Waals surface area contributed by atoms with Gasteiger partial charge < -0.3 is 15.2 Å². The lowest BCUT2D eigenvalue weighted by atomic mass is 9.92. The van der Waals surface area contributed by atoms with Crippen molar-refractivity contribution in [2.75, 3.05) is 18.5 Å². The Balaban J connectivity index is 1.55. The molecular weight excluding hydrogens is 471 g/mol. The van der Waals surface area contributed by atoms with Crippen LogP contribution in [0.5, 0.6) is 5.75 Å². The number of ether oxygens (including phenoxy) is 1. The number of rotatable bonds is 7. The van der Waals surface area contributed by atoms with E-state index >= 15 is 0 Å². The van der Waals surface area contributed by atoms with E-state index in [0.717, 1.165) is 30.4 Å². The third-order valence-electron chi connectivity index (χ3n) is 6.14. The summed E-state index contributed by atoms with van der Waals surface area (Å²) in [6.45, 7) is 1.20. The predicted octanol–water partition coefficient (Wildman–Crippen LogP) is 3.27. The molecule has 5 rings (SSSR count). The van der Waals surface area contributed by atoms with Gasteiger partial charge in [-0.25, -0.2) is 13.4 Å². The number of hydrogen-bond donors (Lipinski definition) is 2. The van der Waals surface area contributed by atoms with Crippen molar-refractivity contribution < 1.29 is 27.4 Å². The largest absolute Gasteiger partial charge is 0.508 e. The molecule has 12 heteroatoms. The molecule has 1 amide bonds. The summed E-state index contributed by atoms with van der Waals surface area (Å²) in [6.07, 6.45) is 5.63. The van der Waals surface area contributed by atoms with Gasteiger partial charge in [-0.15, -0.1) is 0 Å². The number of phenols is 1. The number of fused-ring (bicyclic) bond motifs is 1. The lowest BCUT2D eigenvalue weighted by molar-refractivity contribution is -0.120. The fourth-order valence-electron chi connectivity index (χ4n) is 4.26. The quantitative estimate of drug-likeness (QED) is 0.517. The summed E-state index contributed by atoms with van der Waals surface area (Å²) in [5, 5.41) is 16.9. The van der Waals surface area contributed by atoms with Crippen LogP contribution < -0.4 is 5.32 Å². The van der Waals surface area contributed by atoms with Crippen LogP contribution >= 0.6 is 11.3 Å². The number of carbonyl (C=O) groups excluding carboxylic acids is 1. The topological polar surface area (TPSA) is 123 Å². The van der Waals surface area contributed by atoms with Gasteiger partial charge in [0, 0.05) is 24.7 Å². The third-order valence-corrected chi connectivity index (χ3v) is 9.14. The van der Waals surface area contributed by atoms with E-state index in [9.17, 15) is 22.7 Å². The minimum absolute atomic E-state index is 0.0264. The van der Waals surface area contributed by atoms with E-state index in [4.69, 9.17) is 4.74 Å². The number of nitrogens with one attached hydrogen (secondary N) is 1. The van der Waals surface area contributed by atoms with Crippen LogP contribution in [-0.2, 0) is 19.4 Å². The predicted molar refractivity (Wildman–Crippen MR) is 120 cm³/mol. The van der Waals surface area contributed by atoms with E-state index in [-0.39, 0.29) is 21.7 Å². The maximum atomic E-state index is 13.4. The monoisotopic (exact) mass is 494 g/mol. The van der Waals surface area contributed by atoms with Crippen LogP contribution in [0.2, 0.25) is 0 Å². The van der Waals surface area contributed by atoms with E-state index in [2.05, 4.69) is 15.4 Å². The minimum atomic E-state index is -3.60. The molecule has 176 valence electrons. The average molecular weight is 495 g/mol. The van der Waals surface area contributed by atoms with Crippen molar-refractivity contribution >= 4 is 43.1 Å². The normalized spacial score (nSPS) is 18.5. The maximum Gasteiger partial charge on any atom is 0.251 e. The summed E-state index contributed by atoms with van der Waals surface area (Å²) < 4.78 is 46.2. The van der Waals surface area contributed by atoms with Gasteiger partial charge in [0.25, 0.3) is 5.91 Å². The molecule has 0 bridgehead atoms. The van der Waals surface area contributed by atoms with Gasteiger partial charge in [-0.1, -0.05) is 11.3 Å². The first-order valence-corrected chi connectivity index (χ1v) is 13.1. The number of hydrogen-bond acceptors (Lipinski definition) is 8. The SMILES string of the molecule is O=C(Nc1ncc(F)s1)C(CC1CCOCC1)n1ncc2c(S(=O)(=O)C3CC3)cc(O)cc21. The smallest absolute Gasteiger partial charge is 0.251 e. The number of aromatic nitrogens is 3. The Bertz CT molecular complexity index is 1300. The van der Waals surface area contributed by atoms with Gasteiger partial charge >= 0.3 is 0 Å². The van der Waals surface area contributed by atoms with Crippen molar-refractivity contribution in [3.8, 4) is 5.75 Å². The zero-order valence-electron chi connectivity index (χ0n) is 17.6. The zero-order chi connectivity index (χ0) is 23.2. The molecule has 2 aliphatic rings. The molecular formula is C21H23FN4O5S2. The summed E-state index contributed by atoms with van der Waals surface area (Å²) in [7, 11) is -3.60. The first kappa shape index (κ1) is 22.2. The molecule has 33 heavy (non-hydrogen) atoms. The van der Waals surface area contributed by atoms with Crippen molar-refractivity contribution in [3.63, 3.8) is 0 Å². The highest BCUT2D eigenvalue weighted by Crippen LogP contribution is 2.39. The minimum Gasteiger partial charge on any atom is -0.508 e. The number of carbonyl (C=O) groups is 1. The Labute approximate surface area is 193 Å². The number of benzene rings is 1. The molecule has 9 nitrogen and oxygen atoms in total. The van der Waals surface area contributed by atoms with Crippen LogP contribution in [0.1, 0.15) is 38.1 Å². The second kappa shape index (κ2) is 8.65. The van der Waals surface area contributed by atoms with Gasteiger partial charge in [0.15, 0.2) is 20.1 Å². The molecule has 3 heterocycles. The number of amides is 1. The lowest BCUT2D eigenvalue weighted by Gasteiger charge is -2.26. The van der Waals surface area contributed by atoms with E-state index in [1.807, 2.05) is 0 Å². The highest BCUT2D eigenvalue weighted by Gasteiger charge is 2.39. The molecule has 1 saturated heterocycles. The summed E-state index contributed by atoms with van der Waals surface area (Å²) in [5.41, 5.74) is 0.353. The summed E-state index contributed by atoms with van der Waals surface area (Å²) in [4.78, 5) is 17.2. The van der Waals surface area contributed by atoms with E-state index in [0.29, 0.717) is 43.4 Å². The molecule has 2 aromatic heterocycles. The number of phenolic OH excluding ortho intramolecular Hbond substituents is 1. The van der Waals surface area contributed by atoms with Crippen molar-refractivity contribution in [1.82, 2.24) is 14.8 Å². The van der Waals surface area contributed by atoms with Gasteiger partial charge in [0.05, 0.1) is 28.1 Å². The summed E-state index contributed by atoms with van der Waals surface area (Å²) in [5.74, 6) is -0.458. The Hall–Kier alpha value is -2.57. The first-order valence-electron chi connectivity index (χ1n) is 10.8. The van der Waals surface area contributed by atoms with Gasteiger partial charge in [-0.3, -0.25) is 9.48 Å². The molecule has 1 aliphatic carbocycles. The van der Waals surface area contributed by atoms with Gasteiger partial charge in [-0.05, 0) is 44.1 Å². The van der Waals surface area contributed by atoms with Crippen LogP contribution in [0.25, 0.3) is 10.9 Å². The Kier molecular flexibility index (Phi) is 5.83. The number of anilines is 1. The number of thiazole rings is 1. The standard InChI is InChI=1S/C21H23FN4O5S2/c22-19-11-23-21(32-19)25-20(28)17(7-12-3-5-31-6-4-12)26-16-8-13(27)9-18(15(16)10-24-26)33(29,30)14-1-2-14/h8-12,14,17,27H,1-7H2,(H,23,25,28). The molecule has 1 saturated carbocycles. The van der Waals surface area contributed by atoms with Gasteiger partial charge in [0.2, 0.25) is 0 Å². The highest BCUT2D eigenvalue weighted by molar-refractivity contribution is 7.92. The number of nitrogens with zero attached hydrogens (tertiary/aromatic N) is 3. The maximum absolute atomic E-state index is 13.4. The molecule has 3 aromatic rings. The molecule has 1 atom stereocenters. The molecule has 0 radical (unpaired) electrons. The third kappa shape index (κ3) is 4.46. The molecule has 0 spiro atoms. The van der Waals surface area contributed by atoms with Crippen molar-refractivity contribution in [2.45, 2.75) is 48.3 Å². The molecule has 1 unspecified atom stereocenters. The Morgan fingerprint density at radius 2 is 2.03 bits per heavy atom. The first-order chi connectivity index (χ1) is 15.8. The molecule has 2 N–H and O–H groups in total. The van der Waals surface area contributed by atoms with Gasteiger partial charge in [-0.2, -0.15) is 9.49 Å². The number of sulfone groups is 1. The lowest BCUT2D eigenvalue weighted by Crippen LogP contribution is -2.30. The molecule has 1 aromatic carbocycles. The fourth-order valence-corrected chi connectivity index (χ4v) is 6.67. The van der Waals surface area contributed by atoms with Gasteiger partial charge in [0.1, 0.15) is 11.8 Å². The Morgan fingerprint density at radius 1 is 1.27 bits per heavy atom. The number of aromatic hydroxyl groups is 1. The zero-order valence-corrected chi connectivity index (χ0v) is 19.2. The fraction of sp³-hybridized carbons (Fsp3) is 0.476. The second-order valence-corrected chi connectivity index (χ2v) is 11.7. The van der Waals surface area contributed by atoms with Crippen molar-refractivity contribution in [1.29, 1.82) is 0 Å². The van der Waals surface area contributed by atoms with E-state index in [1.165, 1.54) is 23.0 Å². The van der Waals surface area contributed by atoms with Crippen LogP contribution in [0.3, 0.4) is 0 Å². The molecule has 2 fully saturated rings. The Morgan fingerprint density at radius 3 is 2.70 bits per heavy atom.